The van der Waals surface area contributed by atoms with Gasteiger partial charge >= 0.3 is 0 Å². The molecule has 0 amide bonds. The minimum Gasteiger partial charge on any atom is -0.315 e. The summed E-state index contributed by atoms with van der Waals surface area (Å²) in [6.07, 6.45) is 4.03. The Labute approximate surface area is 121 Å². The fourth-order valence-electron chi connectivity index (χ4n) is 1.74. The van der Waals surface area contributed by atoms with Crippen LogP contribution in [0.4, 0.5) is 0 Å². The van der Waals surface area contributed by atoms with Crippen LogP contribution in [0.25, 0.3) is 0 Å². The molecule has 0 bridgehead atoms. The third-order valence-corrected chi connectivity index (χ3v) is 4.51. The van der Waals surface area contributed by atoms with Gasteiger partial charge in [-0.3, -0.25) is 4.68 Å². The summed E-state index contributed by atoms with van der Waals surface area (Å²) in [6, 6.07) is 0. The molecule has 0 aromatic carbocycles. The molecule has 20 heavy (non-hydrogen) atoms. The number of likely N-dealkylation sites (N-methyl/N-ethyl adjacent to an activating group) is 1. The second-order valence-electron chi connectivity index (χ2n) is 4.91. The second kappa shape index (κ2) is 7.56. The molecule has 114 valence electrons. The van der Waals surface area contributed by atoms with Crippen LogP contribution >= 0.6 is 0 Å². The smallest absolute Gasteiger partial charge is 0.246 e. The van der Waals surface area contributed by atoms with Gasteiger partial charge in [-0.05, 0) is 19.9 Å². The number of nitrogens with zero attached hydrogens (tertiary/aromatic N) is 3. The van der Waals surface area contributed by atoms with Gasteiger partial charge in [0.1, 0.15) is 4.90 Å². The van der Waals surface area contributed by atoms with Crippen LogP contribution in [0, 0.1) is 0 Å². The predicted molar refractivity (Wildman–Crippen MR) is 80.0 cm³/mol. The fourth-order valence-corrected chi connectivity index (χ4v) is 2.93. The SMILES string of the molecule is C=C(C)CN(C)S(=O)(=O)c1cnn(CCNCCC)c1. The number of sulfonamides is 1. The first-order valence-corrected chi connectivity index (χ1v) is 8.15. The zero-order chi connectivity index (χ0) is 15.2. The number of hydrogen-bond donors (Lipinski definition) is 1. The molecule has 1 aromatic heterocycles. The van der Waals surface area contributed by atoms with E-state index in [2.05, 4.69) is 23.9 Å². The van der Waals surface area contributed by atoms with E-state index in [0.29, 0.717) is 13.1 Å². The Morgan fingerprint density at radius 1 is 1.50 bits per heavy atom. The van der Waals surface area contributed by atoms with Gasteiger partial charge in [0.2, 0.25) is 10.0 Å². The molecule has 0 unspecified atom stereocenters. The molecule has 0 fully saturated rings. The molecule has 0 saturated heterocycles. The quantitative estimate of drug-likeness (QED) is 0.547. The first-order chi connectivity index (χ1) is 9.37. The Morgan fingerprint density at radius 2 is 2.20 bits per heavy atom. The third-order valence-electron chi connectivity index (χ3n) is 2.75. The second-order valence-corrected chi connectivity index (χ2v) is 6.95. The maximum atomic E-state index is 12.3. The van der Waals surface area contributed by atoms with E-state index in [1.54, 1.807) is 24.9 Å². The van der Waals surface area contributed by atoms with Crippen molar-refractivity contribution in [2.45, 2.75) is 31.7 Å². The number of aromatic nitrogens is 2. The van der Waals surface area contributed by atoms with Crippen molar-refractivity contribution in [1.82, 2.24) is 19.4 Å². The lowest BCUT2D eigenvalue weighted by atomic mass is 10.4. The molecule has 0 saturated carbocycles. The van der Waals surface area contributed by atoms with Gasteiger partial charge in [0.25, 0.3) is 0 Å². The van der Waals surface area contributed by atoms with Crippen LogP contribution < -0.4 is 5.32 Å². The van der Waals surface area contributed by atoms with E-state index < -0.39 is 10.0 Å². The Hall–Kier alpha value is -1.18. The average molecular weight is 300 g/mol. The largest absolute Gasteiger partial charge is 0.315 e. The molecule has 1 N–H and O–H groups in total. The Bertz CT molecular complexity index is 536. The molecule has 0 spiro atoms. The van der Waals surface area contributed by atoms with Gasteiger partial charge in [-0.1, -0.05) is 19.1 Å². The summed E-state index contributed by atoms with van der Waals surface area (Å²) in [4.78, 5) is 0.219. The van der Waals surface area contributed by atoms with Crippen LogP contribution in [-0.4, -0.2) is 49.2 Å². The molecular formula is C13H24N4O2S. The minimum atomic E-state index is -3.48. The van der Waals surface area contributed by atoms with Crippen LogP contribution in [0.1, 0.15) is 20.3 Å². The summed E-state index contributed by atoms with van der Waals surface area (Å²) in [6.45, 7) is 10.3. The first kappa shape index (κ1) is 16.9. The van der Waals surface area contributed by atoms with Crippen LogP contribution in [0.3, 0.4) is 0 Å². The van der Waals surface area contributed by atoms with Crippen molar-refractivity contribution in [3.8, 4) is 0 Å². The summed E-state index contributed by atoms with van der Waals surface area (Å²) < 4.78 is 27.5. The number of rotatable bonds is 9. The van der Waals surface area contributed by atoms with Crippen molar-refractivity contribution >= 4 is 10.0 Å². The Kier molecular flexibility index (Phi) is 6.38. The van der Waals surface area contributed by atoms with Gasteiger partial charge in [-0.25, -0.2) is 8.42 Å². The third kappa shape index (κ3) is 4.73. The molecule has 0 aliphatic carbocycles. The molecule has 0 aliphatic rings. The highest BCUT2D eigenvalue weighted by Crippen LogP contribution is 2.13. The number of nitrogens with one attached hydrogen (secondary N) is 1. The molecule has 0 aliphatic heterocycles. The summed E-state index contributed by atoms with van der Waals surface area (Å²) in [5.41, 5.74) is 0.798. The van der Waals surface area contributed by atoms with Crippen LogP contribution in [0.2, 0.25) is 0 Å². The van der Waals surface area contributed by atoms with Crippen molar-refractivity contribution in [2.75, 3.05) is 26.7 Å². The molecule has 0 radical (unpaired) electrons. The molecule has 7 heteroatoms. The lowest BCUT2D eigenvalue weighted by Gasteiger charge is -2.15. The monoisotopic (exact) mass is 300 g/mol. The van der Waals surface area contributed by atoms with Gasteiger partial charge in [0, 0.05) is 26.3 Å². The van der Waals surface area contributed by atoms with E-state index in [-0.39, 0.29) is 4.90 Å². The molecule has 0 atom stereocenters. The fraction of sp³-hybridized carbons (Fsp3) is 0.615. The highest BCUT2D eigenvalue weighted by atomic mass is 32.2. The molecule has 1 heterocycles. The first-order valence-electron chi connectivity index (χ1n) is 6.71. The standard InChI is InChI=1S/C13H24N4O2S/c1-5-6-14-7-8-17-11-13(9-15-17)20(18,19)16(4)10-12(2)3/h9,11,14H,2,5-8,10H2,1,3-4H3. The zero-order valence-corrected chi connectivity index (χ0v) is 13.3. The van der Waals surface area contributed by atoms with Gasteiger partial charge in [0.15, 0.2) is 0 Å². The molecule has 1 aromatic rings. The molecular weight excluding hydrogens is 276 g/mol. The van der Waals surface area contributed by atoms with E-state index in [1.165, 1.54) is 10.5 Å². The average Bonchev–Trinajstić information content (AvgIpc) is 2.83. The zero-order valence-electron chi connectivity index (χ0n) is 12.5. The van der Waals surface area contributed by atoms with Gasteiger partial charge < -0.3 is 5.32 Å². The highest BCUT2D eigenvalue weighted by molar-refractivity contribution is 7.89. The van der Waals surface area contributed by atoms with Crippen molar-refractivity contribution in [3.05, 3.63) is 24.5 Å². The van der Waals surface area contributed by atoms with Crippen LogP contribution in [-0.2, 0) is 16.6 Å². The lowest BCUT2D eigenvalue weighted by molar-refractivity contribution is 0.492. The maximum absolute atomic E-state index is 12.3. The summed E-state index contributed by atoms with van der Waals surface area (Å²) >= 11 is 0. The summed E-state index contributed by atoms with van der Waals surface area (Å²) in [7, 11) is -1.93. The van der Waals surface area contributed by atoms with E-state index in [0.717, 1.165) is 25.1 Å². The lowest BCUT2D eigenvalue weighted by Crippen LogP contribution is -2.28. The molecule has 1 rings (SSSR count). The summed E-state index contributed by atoms with van der Waals surface area (Å²) in [5, 5.41) is 7.34. The van der Waals surface area contributed by atoms with Crippen LogP contribution in [0.5, 0.6) is 0 Å². The Balaban J connectivity index is 2.67. The van der Waals surface area contributed by atoms with Crippen LogP contribution in [0.15, 0.2) is 29.4 Å². The van der Waals surface area contributed by atoms with E-state index in [9.17, 15) is 8.42 Å². The van der Waals surface area contributed by atoms with Crippen molar-refractivity contribution in [3.63, 3.8) is 0 Å². The minimum absolute atomic E-state index is 0.219. The van der Waals surface area contributed by atoms with Gasteiger partial charge in [-0.2, -0.15) is 9.40 Å². The molecule has 6 nitrogen and oxygen atoms in total. The van der Waals surface area contributed by atoms with E-state index in [1.807, 2.05) is 0 Å². The topological polar surface area (TPSA) is 67.2 Å². The predicted octanol–water partition coefficient (Wildman–Crippen LogP) is 1.08. The normalized spacial score (nSPS) is 12.0. The van der Waals surface area contributed by atoms with Gasteiger partial charge in [0.05, 0.1) is 12.7 Å². The number of hydrogen-bond acceptors (Lipinski definition) is 4. The van der Waals surface area contributed by atoms with Crippen molar-refractivity contribution in [1.29, 1.82) is 0 Å². The van der Waals surface area contributed by atoms with Crippen molar-refractivity contribution < 1.29 is 8.42 Å². The Morgan fingerprint density at radius 3 is 2.80 bits per heavy atom. The van der Waals surface area contributed by atoms with E-state index >= 15 is 0 Å². The van der Waals surface area contributed by atoms with Gasteiger partial charge in [-0.15, -0.1) is 0 Å². The van der Waals surface area contributed by atoms with Crippen molar-refractivity contribution in [2.24, 2.45) is 0 Å². The highest BCUT2D eigenvalue weighted by Gasteiger charge is 2.22. The summed E-state index contributed by atoms with van der Waals surface area (Å²) in [5.74, 6) is 0. The van der Waals surface area contributed by atoms with E-state index in [4.69, 9.17) is 0 Å². The maximum Gasteiger partial charge on any atom is 0.246 e.